The van der Waals surface area contributed by atoms with Gasteiger partial charge in [0.15, 0.2) is 0 Å². The summed E-state index contributed by atoms with van der Waals surface area (Å²) in [4.78, 5) is 2.33. The van der Waals surface area contributed by atoms with Gasteiger partial charge in [-0.25, -0.2) is 0 Å². The molecule has 1 aliphatic rings. The lowest BCUT2D eigenvalue weighted by Crippen LogP contribution is -2.46. The first-order chi connectivity index (χ1) is 9.24. The molecule has 1 aromatic rings. The van der Waals surface area contributed by atoms with Crippen LogP contribution in [0.1, 0.15) is 31.9 Å². The van der Waals surface area contributed by atoms with Crippen LogP contribution in [0.2, 0.25) is 0 Å². The Morgan fingerprint density at radius 1 is 1.53 bits per heavy atom. The van der Waals surface area contributed by atoms with Gasteiger partial charge in [-0.15, -0.1) is 0 Å². The van der Waals surface area contributed by atoms with Crippen molar-refractivity contribution in [2.75, 3.05) is 33.3 Å². The molecule has 5 nitrogen and oxygen atoms in total. The van der Waals surface area contributed by atoms with Gasteiger partial charge in [-0.05, 0) is 20.0 Å². The van der Waals surface area contributed by atoms with E-state index >= 15 is 0 Å². The summed E-state index contributed by atoms with van der Waals surface area (Å²) in [5.74, 6) is 0. The van der Waals surface area contributed by atoms with Crippen LogP contribution in [0.25, 0.3) is 0 Å². The van der Waals surface area contributed by atoms with Crippen LogP contribution < -0.4 is 5.32 Å². The van der Waals surface area contributed by atoms with Gasteiger partial charge in [-0.3, -0.25) is 4.68 Å². The first-order valence-corrected chi connectivity index (χ1v) is 7.30. The smallest absolute Gasteiger partial charge is 0.0897 e. The molecule has 0 spiro atoms. The zero-order chi connectivity index (χ0) is 13.7. The van der Waals surface area contributed by atoms with Gasteiger partial charge >= 0.3 is 0 Å². The molecular formula is C14H26N4O. The van der Waals surface area contributed by atoms with Crippen molar-refractivity contribution in [1.82, 2.24) is 20.0 Å². The average molecular weight is 266 g/mol. The quantitative estimate of drug-likeness (QED) is 0.842. The second kappa shape index (κ2) is 7.03. The zero-order valence-corrected chi connectivity index (χ0v) is 12.3. The Morgan fingerprint density at radius 3 is 3.05 bits per heavy atom. The highest BCUT2D eigenvalue weighted by Gasteiger charge is 2.28. The van der Waals surface area contributed by atoms with Crippen molar-refractivity contribution in [3.63, 3.8) is 0 Å². The SMILES string of the molecule is CCCn1cc(C(NCC)C2CN(C)CCO2)cn1. The third-order valence-corrected chi connectivity index (χ3v) is 3.56. The Labute approximate surface area is 115 Å². The minimum atomic E-state index is 0.206. The minimum Gasteiger partial charge on any atom is -0.374 e. The highest BCUT2D eigenvalue weighted by atomic mass is 16.5. The molecule has 1 N–H and O–H groups in total. The van der Waals surface area contributed by atoms with E-state index in [2.05, 4.69) is 42.4 Å². The van der Waals surface area contributed by atoms with Gasteiger partial charge in [0.2, 0.25) is 0 Å². The topological polar surface area (TPSA) is 42.3 Å². The molecule has 0 bridgehead atoms. The van der Waals surface area contributed by atoms with E-state index in [1.807, 2.05) is 10.9 Å². The predicted molar refractivity (Wildman–Crippen MR) is 76.2 cm³/mol. The largest absolute Gasteiger partial charge is 0.374 e. The molecule has 19 heavy (non-hydrogen) atoms. The lowest BCUT2D eigenvalue weighted by atomic mass is 10.0. The summed E-state index contributed by atoms with van der Waals surface area (Å²) in [5, 5.41) is 7.97. The number of aromatic nitrogens is 2. The predicted octanol–water partition coefficient (Wildman–Crippen LogP) is 1.27. The number of likely N-dealkylation sites (N-methyl/N-ethyl adjacent to an activating group) is 2. The zero-order valence-electron chi connectivity index (χ0n) is 12.3. The Bertz CT molecular complexity index is 379. The summed E-state index contributed by atoms with van der Waals surface area (Å²) in [5.41, 5.74) is 1.23. The maximum Gasteiger partial charge on any atom is 0.0897 e. The standard InChI is InChI=1S/C14H26N4O/c1-4-6-18-10-12(9-16-18)14(15-5-2)13-11-17(3)7-8-19-13/h9-10,13-15H,4-8,11H2,1-3H3. The maximum atomic E-state index is 5.95. The Balaban J connectivity index is 2.08. The number of morpholine rings is 1. The maximum absolute atomic E-state index is 5.95. The Hall–Kier alpha value is -0.910. The van der Waals surface area contributed by atoms with E-state index in [0.29, 0.717) is 0 Å². The molecule has 0 aliphatic carbocycles. The van der Waals surface area contributed by atoms with Crippen LogP contribution in [-0.2, 0) is 11.3 Å². The lowest BCUT2D eigenvalue weighted by molar-refractivity contribution is -0.0390. The monoisotopic (exact) mass is 266 g/mol. The van der Waals surface area contributed by atoms with E-state index in [1.165, 1.54) is 5.56 Å². The molecule has 0 radical (unpaired) electrons. The van der Waals surface area contributed by atoms with Gasteiger partial charge in [0.25, 0.3) is 0 Å². The first-order valence-electron chi connectivity index (χ1n) is 7.30. The van der Waals surface area contributed by atoms with Gasteiger partial charge in [0.05, 0.1) is 24.9 Å². The van der Waals surface area contributed by atoms with Gasteiger partial charge in [-0.1, -0.05) is 13.8 Å². The van der Waals surface area contributed by atoms with Crippen molar-refractivity contribution in [3.8, 4) is 0 Å². The van der Waals surface area contributed by atoms with E-state index in [9.17, 15) is 0 Å². The number of aryl methyl sites for hydroxylation is 1. The van der Waals surface area contributed by atoms with Crippen LogP contribution in [0.15, 0.2) is 12.4 Å². The molecule has 1 fully saturated rings. The van der Waals surface area contributed by atoms with E-state index in [-0.39, 0.29) is 12.1 Å². The van der Waals surface area contributed by atoms with Crippen LogP contribution in [0.4, 0.5) is 0 Å². The van der Waals surface area contributed by atoms with Crippen LogP contribution in [0.5, 0.6) is 0 Å². The lowest BCUT2D eigenvalue weighted by Gasteiger charge is -2.35. The fourth-order valence-corrected chi connectivity index (χ4v) is 2.59. The summed E-state index contributed by atoms with van der Waals surface area (Å²) < 4.78 is 7.97. The van der Waals surface area contributed by atoms with Crippen LogP contribution in [-0.4, -0.2) is 54.1 Å². The molecular weight excluding hydrogens is 240 g/mol. The molecule has 2 rings (SSSR count). The van der Waals surface area contributed by atoms with Gasteiger partial charge in [0.1, 0.15) is 0 Å². The normalized spacial score (nSPS) is 22.6. The van der Waals surface area contributed by atoms with E-state index in [4.69, 9.17) is 4.74 Å². The number of nitrogens with zero attached hydrogens (tertiary/aromatic N) is 3. The summed E-state index contributed by atoms with van der Waals surface area (Å²) in [6.07, 6.45) is 5.43. The Kier molecular flexibility index (Phi) is 5.36. The van der Waals surface area contributed by atoms with Gasteiger partial charge in [-0.2, -0.15) is 5.10 Å². The summed E-state index contributed by atoms with van der Waals surface area (Å²) in [6, 6.07) is 0.235. The second-order valence-electron chi connectivity index (χ2n) is 5.24. The summed E-state index contributed by atoms with van der Waals surface area (Å²) in [6.45, 7) is 9.02. The van der Waals surface area contributed by atoms with Crippen molar-refractivity contribution in [1.29, 1.82) is 0 Å². The molecule has 108 valence electrons. The first kappa shape index (κ1) is 14.5. The number of rotatable bonds is 6. The van der Waals surface area contributed by atoms with E-state index < -0.39 is 0 Å². The summed E-state index contributed by atoms with van der Waals surface area (Å²) in [7, 11) is 2.15. The molecule has 2 unspecified atom stereocenters. The molecule has 1 saturated heterocycles. The number of hydrogen-bond acceptors (Lipinski definition) is 4. The molecule has 0 aromatic carbocycles. The number of ether oxygens (including phenoxy) is 1. The van der Waals surface area contributed by atoms with Crippen LogP contribution in [0, 0.1) is 0 Å². The van der Waals surface area contributed by atoms with Gasteiger partial charge in [0, 0.05) is 31.4 Å². The molecule has 2 heterocycles. The average Bonchev–Trinajstić information content (AvgIpc) is 2.85. The van der Waals surface area contributed by atoms with Crippen molar-refractivity contribution >= 4 is 0 Å². The van der Waals surface area contributed by atoms with Crippen molar-refractivity contribution < 1.29 is 4.74 Å². The Morgan fingerprint density at radius 2 is 2.37 bits per heavy atom. The highest BCUT2D eigenvalue weighted by Crippen LogP contribution is 2.21. The van der Waals surface area contributed by atoms with Gasteiger partial charge < -0.3 is 15.0 Å². The fraction of sp³-hybridized carbons (Fsp3) is 0.786. The van der Waals surface area contributed by atoms with Crippen LogP contribution >= 0.6 is 0 Å². The fourth-order valence-electron chi connectivity index (χ4n) is 2.59. The molecule has 0 amide bonds. The van der Waals surface area contributed by atoms with Crippen molar-refractivity contribution in [2.24, 2.45) is 0 Å². The molecule has 0 saturated carbocycles. The molecule has 2 atom stereocenters. The summed E-state index contributed by atoms with van der Waals surface area (Å²) >= 11 is 0. The van der Waals surface area contributed by atoms with Crippen molar-refractivity contribution in [3.05, 3.63) is 18.0 Å². The second-order valence-corrected chi connectivity index (χ2v) is 5.24. The van der Waals surface area contributed by atoms with Crippen molar-refractivity contribution in [2.45, 2.75) is 39.0 Å². The molecule has 5 heteroatoms. The third kappa shape index (κ3) is 3.78. The number of hydrogen-bond donors (Lipinski definition) is 1. The molecule has 1 aromatic heterocycles. The third-order valence-electron chi connectivity index (χ3n) is 3.56. The van der Waals surface area contributed by atoms with E-state index in [0.717, 1.165) is 39.2 Å². The van der Waals surface area contributed by atoms with Crippen LogP contribution in [0.3, 0.4) is 0 Å². The highest BCUT2D eigenvalue weighted by molar-refractivity contribution is 5.13. The minimum absolute atomic E-state index is 0.206. The molecule has 1 aliphatic heterocycles. The van der Waals surface area contributed by atoms with E-state index in [1.54, 1.807) is 0 Å². The number of nitrogens with one attached hydrogen (secondary N) is 1.